The molecule has 0 spiro atoms. The summed E-state index contributed by atoms with van der Waals surface area (Å²) in [6.45, 7) is 0. The van der Waals surface area contributed by atoms with Gasteiger partial charge in [-0.2, -0.15) is 39.5 Å². The molecule has 0 unspecified atom stereocenters. The summed E-state index contributed by atoms with van der Waals surface area (Å²) in [4.78, 5) is 0. The van der Waals surface area contributed by atoms with Gasteiger partial charge in [-0.05, 0) is 0 Å². The van der Waals surface area contributed by atoms with Crippen molar-refractivity contribution in [3.8, 4) is 0 Å². The molecule has 0 bridgehead atoms. The van der Waals surface area contributed by atoms with Crippen LogP contribution in [0.15, 0.2) is 0 Å². The Labute approximate surface area is 128 Å². The van der Waals surface area contributed by atoms with E-state index in [1.54, 1.807) is 0 Å². The molecular formula is C6H4F9NaO3S. The Balaban J connectivity index is 0. The Bertz CT molecular complexity index is 429. The van der Waals surface area contributed by atoms with Crippen molar-refractivity contribution in [1.82, 2.24) is 0 Å². The third-order valence-electron chi connectivity index (χ3n) is 1.86. The van der Waals surface area contributed by atoms with Crippen molar-refractivity contribution in [3.63, 3.8) is 0 Å². The van der Waals surface area contributed by atoms with E-state index in [0.717, 1.165) is 0 Å². The molecule has 0 rings (SSSR count). The molecular weight excluding hydrogens is 346 g/mol. The van der Waals surface area contributed by atoms with Crippen LogP contribution in [0.4, 0.5) is 39.5 Å². The van der Waals surface area contributed by atoms with E-state index in [-0.39, 0.29) is 29.6 Å². The number of hydrogen-bond acceptors (Lipinski definition) is 3. The zero-order valence-electron chi connectivity index (χ0n) is 9.45. The Morgan fingerprint density at radius 3 is 1.40 bits per heavy atom. The fourth-order valence-electron chi connectivity index (χ4n) is 0.826. The van der Waals surface area contributed by atoms with Crippen LogP contribution < -0.4 is 29.6 Å². The third-order valence-corrected chi connectivity index (χ3v) is 2.75. The molecule has 20 heavy (non-hydrogen) atoms. The zero-order chi connectivity index (χ0) is 15.9. The van der Waals surface area contributed by atoms with Gasteiger partial charge in [-0.15, -0.1) is 0 Å². The van der Waals surface area contributed by atoms with Crippen LogP contribution in [0.2, 0.25) is 0 Å². The Kier molecular flexibility index (Phi) is 6.97. The van der Waals surface area contributed by atoms with Gasteiger partial charge in [-0.3, -0.25) is 0 Å². The number of hydrogen-bond donors (Lipinski definition) is 0. The monoisotopic (exact) mass is 350 g/mol. The van der Waals surface area contributed by atoms with Crippen LogP contribution in [0.25, 0.3) is 0 Å². The predicted molar refractivity (Wildman–Crippen MR) is 39.8 cm³/mol. The van der Waals surface area contributed by atoms with Crippen LogP contribution in [0.5, 0.6) is 0 Å². The van der Waals surface area contributed by atoms with Gasteiger partial charge in [-0.1, -0.05) is 0 Å². The second-order valence-corrected chi connectivity index (χ2v) is 4.79. The first kappa shape index (κ1) is 22.6. The average Bonchev–Trinajstić information content (AvgIpc) is 2.11. The minimum atomic E-state index is -7.19. The fraction of sp³-hybridized carbons (Fsp3) is 1.00. The van der Waals surface area contributed by atoms with Crippen molar-refractivity contribution in [2.45, 2.75) is 36.1 Å². The number of alkyl halides is 9. The smallest absolute Gasteiger partial charge is 0.743 e. The average molecular weight is 350 g/mol. The minimum absolute atomic E-state index is 0. The van der Waals surface area contributed by atoms with E-state index in [0.29, 0.717) is 0 Å². The summed E-state index contributed by atoms with van der Waals surface area (Å²) in [6, 6.07) is 0. The van der Waals surface area contributed by atoms with Crippen LogP contribution in [-0.4, -0.2) is 36.2 Å². The van der Waals surface area contributed by atoms with Crippen LogP contribution in [0.3, 0.4) is 0 Å². The van der Waals surface area contributed by atoms with Gasteiger partial charge in [0.2, 0.25) is 0 Å². The van der Waals surface area contributed by atoms with Crippen molar-refractivity contribution in [2.75, 3.05) is 0 Å². The summed E-state index contributed by atoms with van der Waals surface area (Å²) in [7, 11) is -7.19. The van der Waals surface area contributed by atoms with Gasteiger partial charge < -0.3 is 4.55 Å². The van der Waals surface area contributed by atoms with Crippen molar-refractivity contribution in [2.24, 2.45) is 0 Å². The Morgan fingerprint density at radius 2 is 1.15 bits per heavy atom. The fourth-order valence-corrected chi connectivity index (χ4v) is 1.29. The van der Waals surface area contributed by atoms with Gasteiger partial charge in [0.15, 0.2) is 10.1 Å². The van der Waals surface area contributed by atoms with Gasteiger partial charge >= 0.3 is 52.8 Å². The van der Waals surface area contributed by atoms with Gasteiger partial charge in [0.25, 0.3) is 0 Å². The molecule has 0 aliphatic rings. The molecule has 0 fully saturated rings. The second kappa shape index (κ2) is 6.18. The normalized spacial score (nSPS) is 14.9. The van der Waals surface area contributed by atoms with Crippen LogP contribution >= 0.6 is 0 Å². The molecule has 0 aliphatic carbocycles. The molecule has 0 amide bonds. The van der Waals surface area contributed by atoms with Crippen molar-refractivity contribution >= 4 is 10.1 Å². The molecule has 0 heterocycles. The first-order valence-electron chi connectivity index (χ1n) is 4.11. The Morgan fingerprint density at radius 1 is 0.800 bits per heavy atom. The van der Waals surface area contributed by atoms with Gasteiger partial charge in [0.1, 0.15) is 0 Å². The van der Waals surface area contributed by atoms with Crippen molar-refractivity contribution < 1.29 is 82.0 Å². The topological polar surface area (TPSA) is 57.2 Å². The number of halogens is 9. The van der Waals surface area contributed by atoms with E-state index in [1.807, 2.05) is 0 Å². The first-order valence-corrected chi connectivity index (χ1v) is 5.52. The molecule has 0 atom stereocenters. The van der Waals surface area contributed by atoms with E-state index in [4.69, 9.17) is 0 Å². The summed E-state index contributed by atoms with van der Waals surface area (Å²) in [5.41, 5.74) is 0. The molecule has 0 aliphatic heterocycles. The molecule has 0 aromatic carbocycles. The maximum absolute atomic E-state index is 12.6. The van der Waals surface area contributed by atoms with Crippen molar-refractivity contribution in [1.29, 1.82) is 0 Å². The largest absolute Gasteiger partial charge is 1.00 e. The molecule has 0 N–H and O–H groups in total. The molecule has 0 aromatic heterocycles. The van der Waals surface area contributed by atoms with Gasteiger partial charge in [0, 0.05) is 12.8 Å². The molecule has 0 aromatic rings. The standard InChI is InChI=1S/C6H5F9O3S.Na/c7-3(8,1-2-4(9,10)11)5(12,13)6(14,15)19(16,17)18;/h1-2H2,(H,16,17,18);/q;+1/p-1. The van der Waals surface area contributed by atoms with E-state index < -0.39 is 46.2 Å². The quantitative estimate of drug-likeness (QED) is 0.390. The Hall–Kier alpha value is 0.280. The molecule has 0 radical (unpaired) electrons. The SMILES string of the molecule is O=S(=O)([O-])C(F)(F)C(F)(F)C(F)(F)CCC(F)(F)F.[Na+]. The van der Waals surface area contributed by atoms with E-state index >= 15 is 0 Å². The predicted octanol–water partition coefficient (Wildman–Crippen LogP) is -0.259. The molecule has 0 saturated heterocycles. The van der Waals surface area contributed by atoms with Crippen molar-refractivity contribution in [3.05, 3.63) is 0 Å². The van der Waals surface area contributed by atoms with Crippen LogP contribution in [-0.2, 0) is 10.1 Å². The maximum Gasteiger partial charge on any atom is 1.00 e. The molecule has 116 valence electrons. The van der Waals surface area contributed by atoms with Gasteiger partial charge in [-0.25, -0.2) is 8.42 Å². The molecule has 14 heteroatoms. The first-order chi connectivity index (χ1) is 7.96. The van der Waals surface area contributed by atoms with E-state index in [9.17, 15) is 52.5 Å². The minimum Gasteiger partial charge on any atom is -0.743 e. The third kappa shape index (κ3) is 4.64. The van der Waals surface area contributed by atoms with E-state index in [2.05, 4.69) is 0 Å². The summed E-state index contributed by atoms with van der Waals surface area (Å²) < 4.78 is 139. The maximum atomic E-state index is 12.6. The van der Waals surface area contributed by atoms with Crippen LogP contribution in [0, 0.1) is 0 Å². The summed E-state index contributed by atoms with van der Waals surface area (Å²) in [6.07, 6.45) is -10.7. The van der Waals surface area contributed by atoms with Gasteiger partial charge in [0.05, 0.1) is 0 Å². The molecule has 0 saturated carbocycles. The second-order valence-electron chi connectivity index (χ2n) is 3.36. The summed E-state index contributed by atoms with van der Waals surface area (Å²) in [5, 5.41) is -6.74. The molecule has 3 nitrogen and oxygen atoms in total. The van der Waals surface area contributed by atoms with E-state index in [1.165, 1.54) is 0 Å². The summed E-state index contributed by atoms with van der Waals surface area (Å²) in [5.74, 6) is -12.8. The summed E-state index contributed by atoms with van der Waals surface area (Å²) >= 11 is 0. The zero-order valence-corrected chi connectivity index (χ0v) is 12.3. The van der Waals surface area contributed by atoms with Crippen LogP contribution in [0.1, 0.15) is 12.8 Å². The number of rotatable bonds is 5.